The van der Waals surface area contributed by atoms with Crippen LogP contribution in [0.2, 0.25) is 0 Å². The summed E-state index contributed by atoms with van der Waals surface area (Å²) in [7, 11) is 2.25. The SMILES string of the molecule is CCNCC1(CN2CC(C)N(C)C(C)C2)CCCOC1. The van der Waals surface area contributed by atoms with Crippen LogP contribution in [-0.4, -0.2) is 74.9 Å². The van der Waals surface area contributed by atoms with Gasteiger partial charge in [0.25, 0.3) is 0 Å². The van der Waals surface area contributed by atoms with E-state index in [4.69, 9.17) is 4.74 Å². The van der Waals surface area contributed by atoms with Crippen molar-refractivity contribution in [3.8, 4) is 0 Å². The smallest absolute Gasteiger partial charge is 0.0546 e. The van der Waals surface area contributed by atoms with E-state index in [0.717, 1.165) is 26.3 Å². The lowest BCUT2D eigenvalue weighted by Gasteiger charge is -2.47. The second-order valence-corrected chi connectivity index (χ2v) is 6.99. The maximum atomic E-state index is 5.82. The van der Waals surface area contributed by atoms with Crippen LogP contribution in [0.25, 0.3) is 0 Å². The molecule has 0 aromatic heterocycles. The molecule has 0 aromatic rings. The summed E-state index contributed by atoms with van der Waals surface area (Å²) in [5, 5.41) is 3.56. The molecule has 20 heavy (non-hydrogen) atoms. The topological polar surface area (TPSA) is 27.7 Å². The van der Waals surface area contributed by atoms with Crippen LogP contribution < -0.4 is 5.32 Å². The molecule has 0 spiro atoms. The third-order valence-corrected chi connectivity index (χ3v) is 5.15. The monoisotopic (exact) mass is 283 g/mol. The van der Waals surface area contributed by atoms with Crippen LogP contribution in [0, 0.1) is 5.41 Å². The number of nitrogens with zero attached hydrogens (tertiary/aromatic N) is 2. The van der Waals surface area contributed by atoms with Crippen LogP contribution in [0.15, 0.2) is 0 Å². The Hall–Kier alpha value is -0.160. The summed E-state index contributed by atoms with van der Waals surface area (Å²) in [5.41, 5.74) is 0.323. The number of nitrogens with one attached hydrogen (secondary N) is 1. The first kappa shape index (κ1) is 16.2. The van der Waals surface area contributed by atoms with Gasteiger partial charge in [0.15, 0.2) is 0 Å². The van der Waals surface area contributed by atoms with Crippen molar-refractivity contribution in [2.45, 2.75) is 45.7 Å². The van der Waals surface area contributed by atoms with E-state index in [9.17, 15) is 0 Å². The van der Waals surface area contributed by atoms with Gasteiger partial charge in [-0.15, -0.1) is 0 Å². The summed E-state index contributed by atoms with van der Waals surface area (Å²) in [4.78, 5) is 5.17. The average Bonchev–Trinajstić information content (AvgIpc) is 2.43. The van der Waals surface area contributed by atoms with Gasteiger partial charge < -0.3 is 10.1 Å². The zero-order chi connectivity index (χ0) is 14.6. The minimum absolute atomic E-state index is 0.323. The molecule has 0 bridgehead atoms. The van der Waals surface area contributed by atoms with Crippen molar-refractivity contribution >= 4 is 0 Å². The van der Waals surface area contributed by atoms with Gasteiger partial charge in [-0.1, -0.05) is 6.92 Å². The Morgan fingerprint density at radius 2 is 1.95 bits per heavy atom. The van der Waals surface area contributed by atoms with Gasteiger partial charge >= 0.3 is 0 Å². The minimum Gasteiger partial charge on any atom is -0.381 e. The zero-order valence-corrected chi connectivity index (χ0v) is 13.8. The van der Waals surface area contributed by atoms with Gasteiger partial charge in [-0.3, -0.25) is 9.80 Å². The molecule has 1 N–H and O–H groups in total. The zero-order valence-electron chi connectivity index (χ0n) is 13.8. The van der Waals surface area contributed by atoms with E-state index in [1.165, 1.54) is 32.5 Å². The maximum Gasteiger partial charge on any atom is 0.0546 e. The standard InChI is InChI=1S/C16H33N3O/c1-5-17-11-16(7-6-8-20-13-16)12-19-9-14(2)18(4)15(3)10-19/h14-15,17H,5-13H2,1-4H3. The fourth-order valence-electron chi connectivity index (χ4n) is 3.74. The Kier molecular flexibility index (Phi) is 5.84. The molecule has 0 aliphatic carbocycles. The molecule has 0 saturated carbocycles. The van der Waals surface area contributed by atoms with Crippen LogP contribution in [0.1, 0.15) is 33.6 Å². The van der Waals surface area contributed by atoms with Gasteiger partial charge in [-0.25, -0.2) is 0 Å². The van der Waals surface area contributed by atoms with Crippen molar-refractivity contribution in [1.29, 1.82) is 0 Å². The van der Waals surface area contributed by atoms with Crippen LogP contribution in [0.3, 0.4) is 0 Å². The van der Waals surface area contributed by atoms with Gasteiger partial charge in [0.2, 0.25) is 0 Å². The van der Waals surface area contributed by atoms with Gasteiger partial charge in [0.05, 0.1) is 6.61 Å². The summed E-state index contributed by atoms with van der Waals surface area (Å²) in [6, 6.07) is 1.30. The van der Waals surface area contributed by atoms with Crippen LogP contribution in [-0.2, 0) is 4.74 Å². The predicted octanol–water partition coefficient (Wildman–Crippen LogP) is 1.42. The molecule has 2 saturated heterocycles. The van der Waals surface area contributed by atoms with Gasteiger partial charge in [0.1, 0.15) is 0 Å². The molecule has 4 nitrogen and oxygen atoms in total. The van der Waals surface area contributed by atoms with Crippen molar-refractivity contribution in [3.05, 3.63) is 0 Å². The lowest BCUT2D eigenvalue weighted by molar-refractivity contribution is -0.0426. The molecule has 3 atom stereocenters. The summed E-state index contributed by atoms with van der Waals surface area (Å²) in [5.74, 6) is 0. The molecule has 2 rings (SSSR count). The van der Waals surface area contributed by atoms with Gasteiger partial charge in [0, 0.05) is 50.3 Å². The third-order valence-electron chi connectivity index (χ3n) is 5.15. The van der Waals surface area contributed by atoms with Crippen molar-refractivity contribution in [3.63, 3.8) is 0 Å². The van der Waals surface area contributed by atoms with Crippen molar-refractivity contribution in [2.75, 3.05) is 53.0 Å². The Labute approximate surface area is 124 Å². The molecule has 2 fully saturated rings. The Bertz CT molecular complexity index is 279. The Morgan fingerprint density at radius 1 is 1.25 bits per heavy atom. The summed E-state index contributed by atoms with van der Waals surface area (Å²) >= 11 is 0. The molecule has 3 unspecified atom stereocenters. The average molecular weight is 283 g/mol. The first-order valence-electron chi connectivity index (χ1n) is 8.29. The fraction of sp³-hybridized carbons (Fsp3) is 1.00. The molecule has 118 valence electrons. The van der Waals surface area contributed by atoms with Gasteiger partial charge in [-0.05, 0) is 40.3 Å². The lowest BCUT2D eigenvalue weighted by atomic mass is 9.81. The minimum atomic E-state index is 0.323. The summed E-state index contributed by atoms with van der Waals surface area (Å²) in [6.45, 7) is 14.5. The summed E-state index contributed by atoms with van der Waals surface area (Å²) in [6.07, 6.45) is 2.51. The normalized spacial score (nSPS) is 37.2. The van der Waals surface area contributed by atoms with E-state index in [1.54, 1.807) is 0 Å². The van der Waals surface area contributed by atoms with E-state index in [2.05, 4.69) is 42.9 Å². The fourth-order valence-corrected chi connectivity index (χ4v) is 3.74. The molecule has 4 heteroatoms. The van der Waals surface area contributed by atoms with E-state index in [-0.39, 0.29) is 0 Å². The van der Waals surface area contributed by atoms with Crippen molar-refractivity contribution in [1.82, 2.24) is 15.1 Å². The highest BCUT2D eigenvalue weighted by molar-refractivity contribution is 4.91. The van der Waals surface area contributed by atoms with Crippen LogP contribution in [0.4, 0.5) is 0 Å². The van der Waals surface area contributed by atoms with E-state index in [0.29, 0.717) is 17.5 Å². The summed E-state index contributed by atoms with van der Waals surface area (Å²) < 4.78 is 5.82. The van der Waals surface area contributed by atoms with Crippen molar-refractivity contribution < 1.29 is 4.74 Å². The molecule has 2 aliphatic heterocycles. The number of piperazine rings is 1. The van der Waals surface area contributed by atoms with E-state index < -0.39 is 0 Å². The molecular weight excluding hydrogens is 250 g/mol. The number of rotatable bonds is 5. The highest BCUT2D eigenvalue weighted by Crippen LogP contribution is 2.30. The molecule has 0 amide bonds. The van der Waals surface area contributed by atoms with Gasteiger partial charge in [-0.2, -0.15) is 0 Å². The maximum absolute atomic E-state index is 5.82. The van der Waals surface area contributed by atoms with Crippen LogP contribution in [0.5, 0.6) is 0 Å². The molecule has 2 aliphatic rings. The number of hydrogen-bond acceptors (Lipinski definition) is 4. The number of likely N-dealkylation sites (N-methyl/N-ethyl adjacent to an activating group) is 1. The van der Waals surface area contributed by atoms with Crippen molar-refractivity contribution in [2.24, 2.45) is 5.41 Å². The van der Waals surface area contributed by atoms with E-state index in [1.807, 2.05) is 0 Å². The third kappa shape index (κ3) is 3.94. The Balaban J connectivity index is 1.96. The second-order valence-electron chi connectivity index (χ2n) is 6.99. The quantitative estimate of drug-likeness (QED) is 0.826. The second kappa shape index (κ2) is 7.21. The number of hydrogen-bond donors (Lipinski definition) is 1. The highest BCUT2D eigenvalue weighted by atomic mass is 16.5. The first-order valence-corrected chi connectivity index (χ1v) is 8.29. The highest BCUT2D eigenvalue weighted by Gasteiger charge is 2.37. The van der Waals surface area contributed by atoms with E-state index >= 15 is 0 Å². The molecule has 2 heterocycles. The lowest BCUT2D eigenvalue weighted by Crippen LogP contribution is -2.58. The first-order chi connectivity index (χ1) is 9.56. The van der Waals surface area contributed by atoms with Crippen LogP contribution >= 0.6 is 0 Å². The molecule has 0 aromatic carbocycles. The predicted molar refractivity (Wildman–Crippen MR) is 84.2 cm³/mol. The molecule has 0 radical (unpaired) electrons. The largest absolute Gasteiger partial charge is 0.381 e. The number of ether oxygens (including phenoxy) is 1. The molecular formula is C16H33N3O. The Morgan fingerprint density at radius 3 is 2.50 bits per heavy atom.